The molecule has 2 aliphatic carbocycles. The Morgan fingerprint density at radius 1 is 1.23 bits per heavy atom. The normalized spacial score (nSPS) is 23.9. The van der Waals surface area contributed by atoms with Gasteiger partial charge >= 0.3 is 0 Å². The molecule has 0 radical (unpaired) electrons. The van der Waals surface area contributed by atoms with Crippen LogP contribution in [0.1, 0.15) is 48.5 Å². The Morgan fingerprint density at radius 2 is 2.00 bits per heavy atom. The summed E-state index contributed by atoms with van der Waals surface area (Å²) in [7, 11) is 5.37. The number of nitrogens with two attached hydrogens (primary N) is 1. The minimum absolute atomic E-state index is 0.116. The van der Waals surface area contributed by atoms with Crippen LogP contribution in [-0.4, -0.2) is 64.6 Å². The van der Waals surface area contributed by atoms with Crippen molar-refractivity contribution < 1.29 is 14.3 Å². The van der Waals surface area contributed by atoms with Crippen LogP contribution < -0.4 is 21.5 Å². The van der Waals surface area contributed by atoms with Crippen molar-refractivity contribution in [1.29, 1.82) is 0 Å². The van der Waals surface area contributed by atoms with Gasteiger partial charge in [-0.25, -0.2) is 4.98 Å². The van der Waals surface area contributed by atoms with Gasteiger partial charge in [0.05, 0.1) is 24.4 Å². The molecule has 3 N–H and O–H groups in total. The summed E-state index contributed by atoms with van der Waals surface area (Å²) in [5, 5.41) is 7.52. The zero-order valence-corrected chi connectivity index (χ0v) is 20.2. The van der Waals surface area contributed by atoms with Crippen molar-refractivity contribution in [3.63, 3.8) is 0 Å². The number of methoxy groups -OCH3 is 2. The van der Waals surface area contributed by atoms with Crippen molar-refractivity contribution >= 4 is 28.9 Å². The first-order chi connectivity index (χ1) is 16.9. The fourth-order valence-electron chi connectivity index (χ4n) is 5.02. The molecule has 0 unspecified atom stereocenters. The van der Waals surface area contributed by atoms with E-state index in [4.69, 9.17) is 15.2 Å². The van der Waals surface area contributed by atoms with Crippen LogP contribution in [0.15, 0.2) is 35.4 Å². The topological polar surface area (TPSA) is 129 Å². The molecule has 0 aliphatic heterocycles. The summed E-state index contributed by atoms with van der Waals surface area (Å²) in [6, 6.07) is 5.72. The SMILES string of the molecule is COC1CCC(n2cccc(Nc3cc(N(C)[C@@H]4C[C@H]4OC)n4ncc(C(N)=O)c4n3)c2=O)CC1. The molecule has 5 rings (SSSR count). The standard InChI is InChI=1S/C24H31N7O4/c1-29(18-11-19(18)35-3)21-12-20(28-23-16(22(25)32)13-26-31(21)23)27-17-5-4-10-30(24(17)33)14-6-8-15(34-2)9-7-14/h4-5,10,12-15,18-19H,6-9,11H2,1-3H3,(H2,25,32)(H,27,28)/t14?,15?,18-,19-/m1/s1. The number of primary amides is 1. The van der Waals surface area contributed by atoms with Crippen molar-refractivity contribution in [2.75, 3.05) is 31.5 Å². The maximum atomic E-state index is 13.4. The second-order valence-corrected chi connectivity index (χ2v) is 9.27. The highest BCUT2D eigenvalue weighted by molar-refractivity contribution is 5.99. The Kier molecular flexibility index (Phi) is 6.20. The van der Waals surface area contributed by atoms with Crippen LogP contribution in [0, 0.1) is 0 Å². The van der Waals surface area contributed by atoms with Gasteiger partial charge in [0.15, 0.2) is 5.65 Å². The van der Waals surface area contributed by atoms with Crippen molar-refractivity contribution in [1.82, 2.24) is 19.2 Å². The Bertz CT molecular complexity index is 1290. The highest BCUT2D eigenvalue weighted by atomic mass is 16.5. The number of likely N-dealkylation sites (N-methyl/N-ethyl adjacent to an activating group) is 1. The van der Waals surface area contributed by atoms with Gasteiger partial charge in [0.2, 0.25) is 0 Å². The van der Waals surface area contributed by atoms with E-state index < -0.39 is 5.91 Å². The van der Waals surface area contributed by atoms with E-state index in [0.29, 0.717) is 23.0 Å². The molecule has 3 heterocycles. The van der Waals surface area contributed by atoms with Crippen molar-refractivity contribution in [2.45, 2.75) is 56.4 Å². The van der Waals surface area contributed by atoms with Crippen molar-refractivity contribution in [3.05, 3.63) is 46.5 Å². The molecule has 35 heavy (non-hydrogen) atoms. The minimum Gasteiger partial charge on any atom is -0.381 e. The highest BCUT2D eigenvalue weighted by Crippen LogP contribution is 2.35. The molecule has 11 heteroatoms. The van der Waals surface area contributed by atoms with Crippen LogP contribution in [0.25, 0.3) is 5.65 Å². The van der Waals surface area contributed by atoms with E-state index in [0.717, 1.165) is 32.1 Å². The average Bonchev–Trinajstić information content (AvgIpc) is 3.54. The lowest BCUT2D eigenvalue weighted by Gasteiger charge is -2.29. The number of rotatable bonds is 8. The molecule has 2 saturated carbocycles. The van der Waals surface area contributed by atoms with Gasteiger partial charge in [-0.1, -0.05) is 0 Å². The van der Waals surface area contributed by atoms with Gasteiger partial charge in [0.25, 0.3) is 11.5 Å². The number of nitrogens with one attached hydrogen (secondary N) is 1. The van der Waals surface area contributed by atoms with Crippen LogP contribution >= 0.6 is 0 Å². The second kappa shape index (κ2) is 9.31. The molecule has 0 saturated heterocycles. The molecule has 0 aromatic carbocycles. The van der Waals surface area contributed by atoms with Crippen LogP contribution in [0.3, 0.4) is 0 Å². The second-order valence-electron chi connectivity index (χ2n) is 9.27. The molecular weight excluding hydrogens is 450 g/mol. The molecule has 0 spiro atoms. The third kappa shape index (κ3) is 4.37. The fourth-order valence-corrected chi connectivity index (χ4v) is 5.02. The number of hydrogen-bond acceptors (Lipinski definition) is 8. The summed E-state index contributed by atoms with van der Waals surface area (Å²) < 4.78 is 14.3. The lowest BCUT2D eigenvalue weighted by molar-refractivity contribution is 0.0580. The summed E-state index contributed by atoms with van der Waals surface area (Å²) in [6.45, 7) is 0. The summed E-state index contributed by atoms with van der Waals surface area (Å²) in [5.41, 5.74) is 6.40. The molecule has 11 nitrogen and oxygen atoms in total. The fraction of sp³-hybridized carbons (Fsp3) is 0.500. The highest BCUT2D eigenvalue weighted by Gasteiger charge is 2.42. The number of nitrogens with zero attached hydrogens (tertiary/aromatic N) is 5. The zero-order valence-electron chi connectivity index (χ0n) is 20.2. The van der Waals surface area contributed by atoms with E-state index in [-0.39, 0.29) is 35.4 Å². The number of amides is 1. The van der Waals surface area contributed by atoms with Gasteiger partial charge < -0.3 is 30.0 Å². The first-order valence-corrected chi connectivity index (χ1v) is 11.9. The maximum absolute atomic E-state index is 13.4. The van der Waals surface area contributed by atoms with Crippen molar-refractivity contribution in [3.8, 4) is 0 Å². The number of anilines is 3. The van der Waals surface area contributed by atoms with E-state index in [1.165, 1.54) is 6.20 Å². The Labute approximate surface area is 202 Å². The monoisotopic (exact) mass is 481 g/mol. The molecule has 3 aromatic heterocycles. The van der Waals surface area contributed by atoms with E-state index in [9.17, 15) is 9.59 Å². The predicted octanol–water partition coefficient (Wildman–Crippen LogP) is 2.09. The molecule has 186 valence electrons. The van der Waals surface area contributed by atoms with Gasteiger partial charge in [-0.05, 0) is 44.2 Å². The molecule has 0 bridgehead atoms. The maximum Gasteiger partial charge on any atom is 0.274 e. The quantitative estimate of drug-likeness (QED) is 0.500. The number of ether oxygens (including phenoxy) is 2. The van der Waals surface area contributed by atoms with Gasteiger partial charge in [-0.2, -0.15) is 9.61 Å². The zero-order chi connectivity index (χ0) is 24.7. The molecule has 2 atom stereocenters. The number of fused-ring (bicyclic) bond motifs is 1. The molecule has 2 aliphatic rings. The predicted molar refractivity (Wildman–Crippen MR) is 131 cm³/mol. The van der Waals surface area contributed by atoms with Gasteiger partial charge in [-0.15, -0.1) is 0 Å². The largest absolute Gasteiger partial charge is 0.381 e. The first-order valence-electron chi connectivity index (χ1n) is 11.9. The first kappa shape index (κ1) is 23.3. The molecule has 3 aromatic rings. The summed E-state index contributed by atoms with van der Waals surface area (Å²) in [6.07, 6.45) is 8.16. The minimum atomic E-state index is -0.617. The van der Waals surface area contributed by atoms with E-state index in [1.807, 2.05) is 30.3 Å². The van der Waals surface area contributed by atoms with Crippen LogP contribution in [0.2, 0.25) is 0 Å². The Hall–Kier alpha value is -3.44. The Balaban J connectivity index is 1.49. The number of hydrogen-bond donors (Lipinski definition) is 2. The number of pyridine rings is 1. The summed E-state index contributed by atoms with van der Waals surface area (Å²) >= 11 is 0. The molecule has 2 fully saturated rings. The smallest absolute Gasteiger partial charge is 0.274 e. The average molecular weight is 482 g/mol. The van der Waals surface area contributed by atoms with Crippen LogP contribution in [0.4, 0.5) is 17.3 Å². The van der Waals surface area contributed by atoms with E-state index in [2.05, 4.69) is 15.4 Å². The number of carbonyl (C=O) groups is 1. The Morgan fingerprint density at radius 3 is 2.66 bits per heavy atom. The molecule has 1 amide bonds. The summed E-state index contributed by atoms with van der Waals surface area (Å²) in [5.74, 6) is 0.520. The van der Waals surface area contributed by atoms with Crippen molar-refractivity contribution in [2.24, 2.45) is 5.73 Å². The van der Waals surface area contributed by atoms with E-state index >= 15 is 0 Å². The third-order valence-electron chi connectivity index (χ3n) is 7.19. The van der Waals surface area contributed by atoms with Crippen LogP contribution in [-0.2, 0) is 9.47 Å². The van der Waals surface area contributed by atoms with Crippen LogP contribution in [0.5, 0.6) is 0 Å². The van der Waals surface area contributed by atoms with Gasteiger partial charge in [0, 0.05) is 39.6 Å². The van der Waals surface area contributed by atoms with Gasteiger partial charge in [-0.3, -0.25) is 9.59 Å². The lowest BCUT2D eigenvalue weighted by Crippen LogP contribution is -2.30. The van der Waals surface area contributed by atoms with E-state index in [1.54, 1.807) is 29.4 Å². The molecular formula is C24H31N7O4. The lowest BCUT2D eigenvalue weighted by atomic mass is 9.92. The third-order valence-corrected chi connectivity index (χ3v) is 7.19. The van der Waals surface area contributed by atoms with Gasteiger partial charge in [0.1, 0.15) is 22.9 Å². The number of carbonyl (C=O) groups excluding carboxylic acids is 1. The number of aromatic nitrogens is 4. The summed E-state index contributed by atoms with van der Waals surface area (Å²) in [4.78, 5) is 32.0.